The highest BCUT2D eigenvalue weighted by atomic mass is 35.5. The molecule has 0 aliphatic rings. The van der Waals surface area contributed by atoms with Crippen molar-refractivity contribution in [1.29, 1.82) is 0 Å². The van der Waals surface area contributed by atoms with Crippen LogP contribution >= 0.6 is 23.2 Å². The number of hydrogen-bond donors (Lipinski definition) is 1. The van der Waals surface area contributed by atoms with Crippen LogP contribution in [0.1, 0.15) is 15.9 Å². The first-order valence-electron chi connectivity index (χ1n) is 10.3. The van der Waals surface area contributed by atoms with Crippen LogP contribution < -0.4 is 19.5 Å². The predicted octanol–water partition coefficient (Wildman–Crippen LogP) is 6.07. The van der Waals surface area contributed by atoms with Gasteiger partial charge in [-0.15, -0.1) is 0 Å². The first-order chi connectivity index (χ1) is 16.5. The molecular formula is C25H21Cl2N3O4. The first-order valence-corrected chi connectivity index (χ1v) is 11.0. The molecule has 3 aromatic carbocycles. The van der Waals surface area contributed by atoms with Crippen LogP contribution in [-0.4, -0.2) is 22.8 Å². The fraction of sp³-hybridized carbons (Fsp3) is 0.120. The van der Waals surface area contributed by atoms with Gasteiger partial charge in [-0.25, -0.2) is 4.68 Å². The number of carbonyl (C=O) groups is 1. The Morgan fingerprint density at radius 1 is 0.971 bits per heavy atom. The van der Waals surface area contributed by atoms with Crippen LogP contribution in [-0.2, 0) is 13.3 Å². The fourth-order valence-corrected chi connectivity index (χ4v) is 3.43. The Hall–Kier alpha value is -3.68. The summed E-state index contributed by atoms with van der Waals surface area (Å²) in [5, 5.41) is 8.26. The van der Waals surface area contributed by atoms with E-state index in [1.807, 2.05) is 0 Å². The molecule has 0 saturated heterocycles. The molecule has 9 heteroatoms. The predicted molar refractivity (Wildman–Crippen MR) is 131 cm³/mol. The number of carbonyl (C=O) groups excluding carboxylic acids is 1. The van der Waals surface area contributed by atoms with Crippen molar-refractivity contribution in [2.45, 2.75) is 13.3 Å². The van der Waals surface area contributed by atoms with E-state index in [2.05, 4.69) is 10.4 Å². The maximum atomic E-state index is 12.8. The zero-order chi connectivity index (χ0) is 23.9. The van der Waals surface area contributed by atoms with Gasteiger partial charge in [-0.05, 0) is 60.7 Å². The summed E-state index contributed by atoms with van der Waals surface area (Å²) in [7, 11) is 1.57. The Balaban J connectivity index is 1.38. The van der Waals surface area contributed by atoms with E-state index in [-0.39, 0.29) is 19.2 Å². The van der Waals surface area contributed by atoms with E-state index >= 15 is 0 Å². The summed E-state index contributed by atoms with van der Waals surface area (Å²) in [6, 6.07) is 19.3. The number of rotatable bonds is 9. The van der Waals surface area contributed by atoms with Gasteiger partial charge >= 0.3 is 0 Å². The van der Waals surface area contributed by atoms with Crippen molar-refractivity contribution in [2.24, 2.45) is 0 Å². The summed E-state index contributed by atoms with van der Waals surface area (Å²) in [6.45, 7) is 0.398. The third-order valence-electron chi connectivity index (χ3n) is 4.80. The van der Waals surface area contributed by atoms with Crippen LogP contribution in [0.3, 0.4) is 0 Å². The van der Waals surface area contributed by atoms with E-state index < -0.39 is 0 Å². The highest BCUT2D eigenvalue weighted by molar-refractivity contribution is 6.30. The van der Waals surface area contributed by atoms with E-state index in [1.165, 1.54) is 0 Å². The minimum Gasteiger partial charge on any atom is -0.496 e. The van der Waals surface area contributed by atoms with Gasteiger partial charge in [0.1, 0.15) is 23.9 Å². The maximum absolute atomic E-state index is 12.8. The van der Waals surface area contributed by atoms with Crippen molar-refractivity contribution in [3.05, 3.63) is 100 Å². The SMILES string of the molecule is COc1ccc(C(=O)Nc2cnn(COc3cccc(Cl)c3)c2)cc1COc1ccc(Cl)cc1. The molecule has 0 unspecified atom stereocenters. The molecule has 1 heterocycles. The summed E-state index contributed by atoms with van der Waals surface area (Å²) in [5.41, 5.74) is 1.73. The molecule has 0 aliphatic carbocycles. The van der Waals surface area contributed by atoms with Crippen LogP contribution in [0.5, 0.6) is 17.2 Å². The molecule has 1 aromatic heterocycles. The number of hydrogen-bond acceptors (Lipinski definition) is 5. The second-order valence-corrected chi connectivity index (χ2v) is 8.10. The Morgan fingerprint density at radius 2 is 1.79 bits per heavy atom. The number of halogens is 2. The molecular weight excluding hydrogens is 477 g/mol. The average molecular weight is 498 g/mol. The Morgan fingerprint density at radius 3 is 2.56 bits per heavy atom. The molecule has 4 aromatic rings. The highest BCUT2D eigenvalue weighted by Gasteiger charge is 2.12. The summed E-state index contributed by atoms with van der Waals surface area (Å²) in [4.78, 5) is 12.8. The molecule has 0 radical (unpaired) electrons. The first kappa shape index (κ1) is 23.5. The molecule has 1 N–H and O–H groups in total. The van der Waals surface area contributed by atoms with Crippen molar-refractivity contribution in [2.75, 3.05) is 12.4 Å². The van der Waals surface area contributed by atoms with Crippen molar-refractivity contribution in [3.63, 3.8) is 0 Å². The summed E-state index contributed by atoms with van der Waals surface area (Å²) >= 11 is 11.9. The molecule has 1 amide bonds. The second-order valence-electron chi connectivity index (χ2n) is 7.22. The molecule has 0 fully saturated rings. The number of anilines is 1. The third kappa shape index (κ3) is 6.21. The molecule has 7 nitrogen and oxygen atoms in total. The minimum absolute atomic E-state index is 0.172. The molecule has 0 saturated carbocycles. The zero-order valence-electron chi connectivity index (χ0n) is 18.2. The van der Waals surface area contributed by atoms with Crippen LogP contribution in [0, 0.1) is 0 Å². The van der Waals surface area contributed by atoms with E-state index in [4.69, 9.17) is 37.4 Å². The van der Waals surface area contributed by atoms with Gasteiger partial charge in [0.2, 0.25) is 0 Å². The normalized spacial score (nSPS) is 10.6. The standard InChI is InChI=1S/C25H21Cl2N3O4/c1-32-24-10-5-17(11-18(24)15-33-22-8-6-19(26)7-9-22)25(31)29-21-13-28-30(14-21)16-34-23-4-2-3-20(27)12-23/h2-14H,15-16H2,1H3,(H,29,31). The van der Waals surface area contributed by atoms with Gasteiger partial charge in [0.25, 0.3) is 5.91 Å². The van der Waals surface area contributed by atoms with Gasteiger partial charge < -0.3 is 19.5 Å². The Kier molecular flexibility index (Phi) is 7.57. The van der Waals surface area contributed by atoms with Crippen molar-refractivity contribution < 1.29 is 19.0 Å². The van der Waals surface area contributed by atoms with Gasteiger partial charge in [0.05, 0.1) is 25.2 Å². The maximum Gasteiger partial charge on any atom is 0.255 e. The molecule has 4 rings (SSSR count). The quantitative estimate of drug-likeness (QED) is 0.303. The topological polar surface area (TPSA) is 74.6 Å². The number of methoxy groups -OCH3 is 1. The summed E-state index contributed by atoms with van der Waals surface area (Å²) < 4.78 is 18.4. The molecule has 0 atom stereocenters. The van der Waals surface area contributed by atoms with Gasteiger partial charge in [-0.1, -0.05) is 29.3 Å². The summed E-state index contributed by atoms with van der Waals surface area (Å²) in [6.07, 6.45) is 3.23. The van der Waals surface area contributed by atoms with Gasteiger partial charge in [-0.2, -0.15) is 5.10 Å². The largest absolute Gasteiger partial charge is 0.496 e. The van der Waals surface area contributed by atoms with Crippen LogP contribution in [0.15, 0.2) is 79.1 Å². The third-order valence-corrected chi connectivity index (χ3v) is 5.29. The van der Waals surface area contributed by atoms with E-state index in [0.29, 0.717) is 38.5 Å². The number of ether oxygens (including phenoxy) is 3. The number of nitrogens with zero attached hydrogens (tertiary/aromatic N) is 2. The lowest BCUT2D eigenvalue weighted by Crippen LogP contribution is -2.12. The number of benzene rings is 3. The lowest BCUT2D eigenvalue weighted by atomic mass is 10.1. The highest BCUT2D eigenvalue weighted by Crippen LogP contribution is 2.24. The lowest BCUT2D eigenvalue weighted by Gasteiger charge is -2.12. The molecule has 34 heavy (non-hydrogen) atoms. The number of nitrogens with one attached hydrogen (secondary N) is 1. The number of amides is 1. The van der Waals surface area contributed by atoms with E-state index in [1.54, 1.807) is 90.9 Å². The van der Waals surface area contributed by atoms with Crippen LogP contribution in [0.25, 0.3) is 0 Å². The van der Waals surface area contributed by atoms with Crippen molar-refractivity contribution in [1.82, 2.24) is 9.78 Å². The fourth-order valence-electron chi connectivity index (χ4n) is 3.12. The summed E-state index contributed by atoms with van der Waals surface area (Å²) in [5.74, 6) is 1.62. The van der Waals surface area contributed by atoms with E-state index in [9.17, 15) is 4.79 Å². The Labute approximate surface area is 206 Å². The van der Waals surface area contributed by atoms with Gasteiger partial charge in [0.15, 0.2) is 6.73 Å². The van der Waals surface area contributed by atoms with Gasteiger partial charge in [-0.3, -0.25) is 4.79 Å². The van der Waals surface area contributed by atoms with E-state index in [0.717, 1.165) is 5.56 Å². The monoisotopic (exact) mass is 497 g/mol. The van der Waals surface area contributed by atoms with Gasteiger partial charge in [0, 0.05) is 21.2 Å². The van der Waals surface area contributed by atoms with Crippen molar-refractivity contribution in [3.8, 4) is 17.2 Å². The molecule has 0 bridgehead atoms. The minimum atomic E-state index is -0.286. The smallest absolute Gasteiger partial charge is 0.255 e. The number of aromatic nitrogens is 2. The molecule has 174 valence electrons. The second kappa shape index (κ2) is 11.0. The average Bonchev–Trinajstić information content (AvgIpc) is 3.29. The zero-order valence-corrected chi connectivity index (χ0v) is 19.7. The lowest BCUT2D eigenvalue weighted by molar-refractivity contribution is 0.102. The van der Waals surface area contributed by atoms with Crippen LogP contribution in [0.4, 0.5) is 5.69 Å². The Bertz CT molecular complexity index is 1280. The molecule has 0 spiro atoms. The molecule has 0 aliphatic heterocycles. The van der Waals surface area contributed by atoms with Crippen molar-refractivity contribution >= 4 is 34.8 Å². The van der Waals surface area contributed by atoms with Crippen LogP contribution in [0.2, 0.25) is 10.0 Å².